The molecule has 2 aliphatic rings. The van der Waals surface area contributed by atoms with Crippen molar-refractivity contribution in [2.24, 2.45) is 0 Å². The molecule has 2 atom stereocenters. The fourth-order valence-electron chi connectivity index (χ4n) is 2.73. The molecule has 2 nitrogen and oxygen atoms in total. The number of ketones is 1. The molecule has 0 aliphatic carbocycles. The highest BCUT2D eigenvalue weighted by atomic mass is 32.2. The van der Waals surface area contributed by atoms with Gasteiger partial charge in [-0.25, -0.2) is 0 Å². The molecule has 0 saturated carbocycles. The summed E-state index contributed by atoms with van der Waals surface area (Å²) in [5.41, 5.74) is 0. The second kappa shape index (κ2) is 5.05. The van der Waals surface area contributed by atoms with Gasteiger partial charge in [-0.3, -0.25) is 9.69 Å². The lowest BCUT2D eigenvalue weighted by Gasteiger charge is -2.33. The number of hydrogen-bond donors (Lipinski definition) is 0. The molecule has 2 rings (SSSR count). The van der Waals surface area contributed by atoms with E-state index < -0.39 is 0 Å². The second-order valence-electron chi connectivity index (χ2n) is 4.33. The Bertz CT molecular complexity index is 268. The number of hydrogen-bond acceptors (Lipinski definition) is 3. The largest absolute Gasteiger partial charge is 0.300 e. The zero-order chi connectivity index (χ0) is 10.7. The second-order valence-corrected chi connectivity index (χ2v) is 5.43. The zero-order valence-electron chi connectivity index (χ0n) is 8.95. The van der Waals surface area contributed by atoms with Crippen molar-refractivity contribution in [1.82, 2.24) is 4.90 Å². The summed E-state index contributed by atoms with van der Waals surface area (Å²) in [6, 6.07) is 1.09. The van der Waals surface area contributed by atoms with Gasteiger partial charge in [0.15, 0.2) is 0 Å². The lowest BCUT2D eigenvalue weighted by Crippen LogP contribution is -2.44. The highest BCUT2D eigenvalue weighted by molar-refractivity contribution is 7.99. The molecule has 2 heterocycles. The molecule has 3 heteroatoms. The summed E-state index contributed by atoms with van der Waals surface area (Å²) in [7, 11) is 0. The number of rotatable bonds is 4. The third-order valence-corrected chi connectivity index (χ3v) is 4.22. The molecule has 2 fully saturated rings. The highest BCUT2D eigenvalue weighted by Crippen LogP contribution is 2.33. The number of carbonyl (C=O) groups excluding carboxylic acids is 1. The maximum Gasteiger partial charge on any atom is 0.136 e. The fourth-order valence-corrected chi connectivity index (χ4v) is 3.33. The van der Waals surface area contributed by atoms with Crippen molar-refractivity contribution in [2.45, 2.75) is 37.8 Å². The summed E-state index contributed by atoms with van der Waals surface area (Å²) >= 11 is 1.82. The van der Waals surface area contributed by atoms with Crippen LogP contribution in [0.5, 0.6) is 0 Å². The predicted molar refractivity (Wildman–Crippen MR) is 63.9 cm³/mol. The van der Waals surface area contributed by atoms with Crippen LogP contribution in [0, 0.1) is 12.3 Å². The van der Waals surface area contributed by atoms with Crippen LogP contribution in [0.2, 0.25) is 0 Å². The molecule has 2 bridgehead atoms. The smallest absolute Gasteiger partial charge is 0.136 e. The van der Waals surface area contributed by atoms with Crippen LogP contribution in [0.15, 0.2) is 0 Å². The van der Waals surface area contributed by atoms with E-state index in [9.17, 15) is 4.79 Å². The van der Waals surface area contributed by atoms with Crippen LogP contribution in [0.25, 0.3) is 0 Å². The number of nitrogens with zero attached hydrogens (tertiary/aromatic N) is 1. The zero-order valence-corrected chi connectivity index (χ0v) is 9.76. The number of fused-ring (bicyclic) bond motifs is 2. The maximum atomic E-state index is 11.4. The van der Waals surface area contributed by atoms with Gasteiger partial charge in [-0.05, 0) is 12.8 Å². The molecule has 15 heavy (non-hydrogen) atoms. The van der Waals surface area contributed by atoms with Gasteiger partial charge in [-0.2, -0.15) is 0 Å². The van der Waals surface area contributed by atoms with Gasteiger partial charge >= 0.3 is 0 Å². The molecule has 0 aromatic carbocycles. The van der Waals surface area contributed by atoms with Crippen molar-refractivity contribution in [3.8, 4) is 12.3 Å². The van der Waals surface area contributed by atoms with E-state index in [0.29, 0.717) is 17.9 Å². The van der Waals surface area contributed by atoms with Crippen molar-refractivity contribution in [3.63, 3.8) is 0 Å². The minimum Gasteiger partial charge on any atom is -0.300 e. The summed E-state index contributed by atoms with van der Waals surface area (Å²) in [6.45, 7) is 1.11. The van der Waals surface area contributed by atoms with Gasteiger partial charge in [-0.15, -0.1) is 18.2 Å². The quantitative estimate of drug-likeness (QED) is 0.533. The molecule has 0 N–H and O–H groups in total. The van der Waals surface area contributed by atoms with Crippen molar-refractivity contribution in [3.05, 3.63) is 0 Å². The monoisotopic (exact) mass is 223 g/mol. The minimum atomic E-state index is 0.468. The molecular weight excluding hydrogens is 206 g/mol. The normalized spacial score (nSPS) is 30.5. The topological polar surface area (TPSA) is 20.3 Å². The van der Waals surface area contributed by atoms with E-state index in [1.54, 1.807) is 0 Å². The number of thioether (sulfide) groups is 1. The third kappa shape index (κ3) is 2.56. The SMILES string of the molecule is C#CCSCCN1C2CCC1CC(=O)C2. The van der Waals surface area contributed by atoms with Gasteiger partial charge in [-0.1, -0.05) is 5.92 Å². The lowest BCUT2D eigenvalue weighted by molar-refractivity contribution is -0.123. The van der Waals surface area contributed by atoms with Gasteiger partial charge < -0.3 is 0 Å². The first-order valence-corrected chi connectivity index (χ1v) is 6.75. The summed E-state index contributed by atoms with van der Waals surface area (Å²) in [6.07, 6.45) is 9.22. The van der Waals surface area contributed by atoms with Gasteiger partial charge in [0.05, 0.1) is 5.75 Å². The van der Waals surface area contributed by atoms with Crippen LogP contribution in [0.1, 0.15) is 25.7 Å². The van der Waals surface area contributed by atoms with Gasteiger partial charge in [0.25, 0.3) is 0 Å². The molecule has 2 saturated heterocycles. The van der Waals surface area contributed by atoms with Crippen LogP contribution in [-0.2, 0) is 4.79 Å². The van der Waals surface area contributed by atoms with E-state index >= 15 is 0 Å². The van der Waals surface area contributed by atoms with Gasteiger partial charge in [0.2, 0.25) is 0 Å². The Morgan fingerprint density at radius 3 is 2.67 bits per heavy atom. The average Bonchev–Trinajstić information content (AvgIpc) is 2.46. The van der Waals surface area contributed by atoms with Crippen LogP contribution >= 0.6 is 11.8 Å². The molecule has 2 unspecified atom stereocenters. The molecular formula is C12H17NOS. The van der Waals surface area contributed by atoms with Crippen LogP contribution < -0.4 is 0 Å². The van der Waals surface area contributed by atoms with Crippen molar-refractivity contribution >= 4 is 17.5 Å². The maximum absolute atomic E-state index is 11.4. The summed E-state index contributed by atoms with van der Waals surface area (Å²) in [5.74, 6) is 5.02. The Balaban J connectivity index is 1.79. The van der Waals surface area contributed by atoms with Crippen LogP contribution in [-0.4, -0.2) is 40.8 Å². The molecule has 0 amide bonds. The Morgan fingerprint density at radius 2 is 2.07 bits per heavy atom. The predicted octanol–water partition coefficient (Wildman–Crippen LogP) is 1.55. The Morgan fingerprint density at radius 1 is 1.40 bits per heavy atom. The molecule has 0 spiro atoms. The number of terminal acetylenes is 1. The summed E-state index contributed by atoms with van der Waals surface area (Å²) in [5, 5.41) is 0. The minimum absolute atomic E-state index is 0.468. The fraction of sp³-hybridized carbons (Fsp3) is 0.750. The van der Waals surface area contributed by atoms with E-state index in [2.05, 4.69) is 10.8 Å². The number of Topliss-reactive ketones (excluding diaryl/α,β-unsaturated/α-hetero) is 1. The Kier molecular flexibility index (Phi) is 3.71. The Hall–Kier alpha value is -0.460. The van der Waals surface area contributed by atoms with E-state index in [1.165, 1.54) is 12.8 Å². The lowest BCUT2D eigenvalue weighted by atomic mass is 10.0. The molecule has 0 aromatic heterocycles. The van der Waals surface area contributed by atoms with Crippen LogP contribution in [0.4, 0.5) is 0 Å². The number of carbonyl (C=O) groups is 1. The first-order chi connectivity index (χ1) is 7.31. The van der Waals surface area contributed by atoms with Crippen molar-refractivity contribution in [1.29, 1.82) is 0 Å². The first-order valence-electron chi connectivity index (χ1n) is 5.60. The van der Waals surface area contributed by atoms with Gasteiger partial charge in [0, 0.05) is 37.2 Å². The van der Waals surface area contributed by atoms with E-state index in [1.807, 2.05) is 11.8 Å². The van der Waals surface area contributed by atoms with E-state index in [0.717, 1.165) is 30.9 Å². The first kappa shape index (κ1) is 11.0. The third-order valence-electron chi connectivity index (χ3n) is 3.38. The van der Waals surface area contributed by atoms with Crippen LogP contribution in [0.3, 0.4) is 0 Å². The Labute approximate surface area is 95.8 Å². The van der Waals surface area contributed by atoms with E-state index in [-0.39, 0.29) is 0 Å². The molecule has 0 radical (unpaired) electrons. The molecule has 0 aromatic rings. The summed E-state index contributed by atoms with van der Waals surface area (Å²) < 4.78 is 0. The molecule has 2 aliphatic heterocycles. The molecule has 82 valence electrons. The van der Waals surface area contributed by atoms with E-state index in [4.69, 9.17) is 6.42 Å². The standard InChI is InChI=1S/C12H17NOS/c1-2-6-15-7-5-13-10-3-4-11(13)9-12(14)8-10/h1,10-11H,3-9H2. The van der Waals surface area contributed by atoms with Crippen molar-refractivity contribution < 1.29 is 4.79 Å². The number of piperidine rings is 1. The highest BCUT2D eigenvalue weighted by Gasteiger charge is 2.39. The van der Waals surface area contributed by atoms with Gasteiger partial charge in [0.1, 0.15) is 5.78 Å². The van der Waals surface area contributed by atoms with Crippen molar-refractivity contribution in [2.75, 3.05) is 18.1 Å². The average molecular weight is 223 g/mol. The summed E-state index contributed by atoms with van der Waals surface area (Å²) in [4.78, 5) is 13.9.